The van der Waals surface area contributed by atoms with E-state index >= 15 is 0 Å². The van der Waals surface area contributed by atoms with Crippen LogP contribution in [0.3, 0.4) is 0 Å². The van der Waals surface area contributed by atoms with Gasteiger partial charge in [0.25, 0.3) is 0 Å². The van der Waals surface area contributed by atoms with Gasteiger partial charge in [-0.15, -0.1) is 0 Å². The molecule has 1 N–H and O–H groups in total. The van der Waals surface area contributed by atoms with Crippen LogP contribution >= 0.6 is 0 Å². The Morgan fingerprint density at radius 2 is 1.21 bits per heavy atom. The van der Waals surface area contributed by atoms with Gasteiger partial charge in [0.2, 0.25) is 0 Å². The molecule has 9 rings (SSSR count). The number of aryl methyl sites for hydroxylation is 1. The summed E-state index contributed by atoms with van der Waals surface area (Å²) in [5.41, 5.74) is 14.2. The lowest BCUT2D eigenvalue weighted by molar-refractivity contribution is 0.446. The SMILES string of the molecule is Cn1c(-c2cc(C(C)(C)C)cc(C(C)(C)C)c2O)nc2c(-c3cccc(-c4cc(-c5cccc6c7ccccc7n(-c7ccccc7)c56)ccn4)c3)cccc21. The Bertz CT molecular complexity index is 2950. The zero-order valence-corrected chi connectivity index (χ0v) is 33.1. The molecule has 3 aromatic heterocycles. The van der Waals surface area contributed by atoms with Gasteiger partial charge in [0.05, 0.1) is 33.3 Å². The van der Waals surface area contributed by atoms with Crippen LogP contribution in [0.1, 0.15) is 52.7 Å². The number of hydrogen-bond acceptors (Lipinski definition) is 3. The molecule has 9 aromatic rings. The first-order valence-electron chi connectivity index (χ1n) is 19.4. The van der Waals surface area contributed by atoms with Gasteiger partial charge in [-0.3, -0.25) is 4.98 Å². The van der Waals surface area contributed by atoms with Crippen molar-refractivity contribution in [2.75, 3.05) is 0 Å². The largest absolute Gasteiger partial charge is 0.507 e. The Morgan fingerprint density at radius 3 is 2.00 bits per heavy atom. The number of hydrogen-bond donors (Lipinski definition) is 1. The molecule has 6 aromatic carbocycles. The average molecular weight is 731 g/mol. The number of phenolic OH excluding ortho intramolecular Hbond substituents is 1. The van der Waals surface area contributed by atoms with Gasteiger partial charge < -0.3 is 14.2 Å². The van der Waals surface area contributed by atoms with E-state index < -0.39 is 0 Å². The lowest BCUT2D eigenvalue weighted by atomic mass is 9.79. The van der Waals surface area contributed by atoms with E-state index in [0.717, 1.165) is 67.2 Å². The number of aromatic nitrogens is 4. The third-order valence-electron chi connectivity index (χ3n) is 11.2. The van der Waals surface area contributed by atoms with E-state index in [4.69, 9.17) is 9.97 Å². The van der Waals surface area contributed by atoms with E-state index in [2.05, 4.69) is 190 Å². The highest BCUT2D eigenvalue weighted by Crippen LogP contribution is 2.44. The van der Waals surface area contributed by atoms with Crippen molar-refractivity contribution in [3.05, 3.63) is 157 Å². The van der Waals surface area contributed by atoms with Gasteiger partial charge in [0, 0.05) is 52.0 Å². The molecule has 0 aliphatic heterocycles. The lowest BCUT2D eigenvalue weighted by Crippen LogP contribution is -2.17. The second-order valence-corrected chi connectivity index (χ2v) is 17.0. The van der Waals surface area contributed by atoms with Crippen LogP contribution in [0.2, 0.25) is 0 Å². The summed E-state index contributed by atoms with van der Waals surface area (Å²) in [6.45, 7) is 13.1. The number of phenols is 1. The van der Waals surface area contributed by atoms with Crippen molar-refractivity contribution >= 4 is 32.8 Å². The number of imidazole rings is 1. The first-order valence-corrected chi connectivity index (χ1v) is 19.4. The van der Waals surface area contributed by atoms with Crippen molar-refractivity contribution < 1.29 is 5.11 Å². The fourth-order valence-electron chi connectivity index (χ4n) is 8.20. The van der Waals surface area contributed by atoms with Crippen molar-refractivity contribution in [3.8, 4) is 56.3 Å². The first kappa shape index (κ1) is 35.3. The molecule has 0 saturated heterocycles. The molecule has 5 heteroatoms. The Balaban J connectivity index is 1.16. The Hall–Kier alpha value is -6.46. The van der Waals surface area contributed by atoms with Gasteiger partial charge in [-0.1, -0.05) is 133 Å². The zero-order chi connectivity index (χ0) is 38.9. The maximum Gasteiger partial charge on any atom is 0.144 e. The third kappa shape index (κ3) is 5.86. The fraction of sp³-hybridized carbons (Fsp3) is 0.176. The topological polar surface area (TPSA) is 55.9 Å². The van der Waals surface area contributed by atoms with E-state index in [1.807, 2.05) is 13.2 Å². The van der Waals surface area contributed by atoms with Gasteiger partial charge in [-0.05, 0) is 76.1 Å². The summed E-state index contributed by atoms with van der Waals surface area (Å²) in [6, 6.07) is 49.4. The van der Waals surface area contributed by atoms with E-state index in [-0.39, 0.29) is 10.8 Å². The molecular formula is C51H46N4O. The summed E-state index contributed by atoms with van der Waals surface area (Å²) < 4.78 is 4.49. The monoisotopic (exact) mass is 730 g/mol. The molecule has 0 spiro atoms. The first-order chi connectivity index (χ1) is 26.9. The van der Waals surface area contributed by atoms with Gasteiger partial charge in [-0.25, -0.2) is 4.98 Å². The van der Waals surface area contributed by atoms with Gasteiger partial charge in [0.1, 0.15) is 11.6 Å². The van der Waals surface area contributed by atoms with Gasteiger partial charge >= 0.3 is 0 Å². The van der Waals surface area contributed by atoms with Crippen molar-refractivity contribution in [2.45, 2.75) is 52.4 Å². The van der Waals surface area contributed by atoms with Crippen molar-refractivity contribution in [2.24, 2.45) is 7.05 Å². The Kier molecular flexibility index (Phi) is 8.24. The number of pyridine rings is 1. The molecule has 0 aliphatic rings. The molecule has 0 unspecified atom stereocenters. The number of benzene rings is 6. The van der Waals surface area contributed by atoms with Crippen molar-refractivity contribution in [3.63, 3.8) is 0 Å². The van der Waals surface area contributed by atoms with E-state index in [9.17, 15) is 5.11 Å². The zero-order valence-electron chi connectivity index (χ0n) is 33.1. The number of nitrogens with zero attached hydrogens (tertiary/aromatic N) is 4. The maximum atomic E-state index is 11.8. The van der Waals surface area contributed by atoms with E-state index in [0.29, 0.717) is 5.75 Å². The summed E-state index contributed by atoms with van der Waals surface area (Å²) in [6.07, 6.45) is 1.92. The molecule has 0 bridgehead atoms. The number of fused-ring (bicyclic) bond motifs is 4. The predicted molar refractivity (Wildman–Crippen MR) is 234 cm³/mol. The van der Waals surface area contributed by atoms with Crippen molar-refractivity contribution in [1.29, 1.82) is 0 Å². The molecule has 3 heterocycles. The van der Waals surface area contributed by atoms with Crippen LogP contribution in [0.5, 0.6) is 5.75 Å². The minimum absolute atomic E-state index is 0.100. The summed E-state index contributed by atoms with van der Waals surface area (Å²) in [7, 11) is 2.04. The van der Waals surface area contributed by atoms with Crippen LogP contribution in [0, 0.1) is 0 Å². The molecule has 0 fully saturated rings. The van der Waals surface area contributed by atoms with Crippen LogP contribution < -0.4 is 0 Å². The molecule has 56 heavy (non-hydrogen) atoms. The Morgan fingerprint density at radius 1 is 0.554 bits per heavy atom. The molecule has 5 nitrogen and oxygen atoms in total. The summed E-state index contributed by atoms with van der Waals surface area (Å²) in [5, 5.41) is 14.2. The van der Waals surface area contributed by atoms with Crippen LogP contribution in [-0.2, 0) is 17.9 Å². The third-order valence-corrected chi connectivity index (χ3v) is 11.2. The van der Waals surface area contributed by atoms with Crippen molar-refractivity contribution in [1.82, 2.24) is 19.1 Å². The molecule has 0 saturated carbocycles. The highest BCUT2D eigenvalue weighted by atomic mass is 16.3. The smallest absolute Gasteiger partial charge is 0.144 e. The number of para-hydroxylation sites is 4. The van der Waals surface area contributed by atoms with E-state index in [1.165, 1.54) is 27.4 Å². The molecule has 276 valence electrons. The average Bonchev–Trinajstić information content (AvgIpc) is 3.72. The number of aromatic hydroxyl groups is 1. The number of rotatable bonds is 5. The summed E-state index contributed by atoms with van der Waals surface area (Å²) in [4.78, 5) is 10.2. The highest BCUT2D eigenvalue weighted by molar-refractivity contribution is 6.13. The standard InChI is InChI=1S/C51H46N4O/c1-50(2,3)35-30-41(48(56)42(31-35)51(4,5)6)49-53-46-37(21-15-25-45(46)54(49)7)32-16-13-17-34(28-32)43-29-33(26-27-52-43)38-22-14-23-40-39-20-11-12-24-44(39)55(47(38)40)36-18-9-8-10-19-36/h8-31,56H,1-7H3. The lowest BCUT2D eigenvalue weighted by Gasteiger charge is -2.27. The quantitative estimate of drug-likeness (QED) is 0.192. The fourth-order valence-corrected chi connectivity index (χ4v) is 8.20. The minimum atomic E-state index is -0.242. The summed E-state index contributed by atoms with van der Waals surface area (Å²) in [5.74, 6) is 1.03. The molecule has 0 aliphatic carbocycles. The Labute approximate surface area is 328 Å². The maximum absolute atomic E-state index is 11.8. The normalized spacial score (nSPS) is 12.3. The molecule has 0 amide bonds. The second kappa shape index (κ2) is 13.1. The van der Waals surface area contributed by atoms with E-state index in [1.54, 1.807) is 0 Å². The van der Waals surface area contributed by atoms with Gasteiger partial charge in [-0.2, -0.15) is 0 Å². The van der Waals surface area contributed by atoms with Crippen LogP contribution in [0.25, 0.3) is 83.4 Å². The summed E-state index contributed by atoms with van der Waals surface area (Å²) >= 11 is 0. The minimum Gasteiger partial charge on any atom is -0.507 e. The predicted octanol–water partition coefficient (Wildman–Crippen LogP) is 13.0. The van der Waals surface area contributed by atoms with Crippen LogP contribution in [-0.4, -0.2) is 24.2 Å². The van der Waals surface area contributed by atoms with Crippen LogP contribution in [0.4, 0.5) is 0 Å². The molecular weight excluding hydrogens is 685 g/mol. The highest BCUT2D eigenvalue weighted by Gasteiger charge is 2.28. The molecule has 0 atom stereocenters. The van der Waals surface area contributed by atoms with Crippen LogP contribution in [0.15, 0.2) is 146 Å². The molecule has 0 radical (unpaired) electrons. The van der Waals surface area contributed by atoms with Gasteiger partial charge in [0.15, 0.2) is 0 Å². The second-order valence-electron chi connectivity index (χ2n) is 17.0.